The summed E-state index contributed by atoms with van der Waals surface area (Å²) < 4.78 is 10.5. The van der Waals surface area contributed by atoms with Crippen molar-refractivity contribution in [2.45, 2.75) is 19.4 Å². The second kappa shape index (κ2) is 5.54. The number of rotatable bonds is 5. The molecule has 0 spiro atoms. The minimum Gasteiger partial charge on any atom is -0.481 e. The van der Waals surface area contributed by atoms with Gasteiger partial charge in [-0.15, -0.1) is 0 Å². The van der Waals surface area contributed by atoms with Gasteiger partial charge in [-0.05, 0) is 32.0 Å². The van der Waals surface area contributed by atoms with Crippen LogP contribution in [0, 0.1) is 5.41 Å². The number of nitrogens with zero attached hydrogens (tertiary/aromatic N) is 1. The lowest BCUT2D eigenvalue weighted by Gasteiger charge is -2.36. The van der Waals surface area contributed by atoms with Gasteiger partial charge in [-0.2, -0.15) is 0 Å². The van der Waals surface area contributed by atoms with Crippen molar-refractivity contribution >= 4 is 5.97 Å². The summed E-state index contributed by atoms with van der Waals surface area (Å²) in [5, 5.41) is 9.46. The van der Waals surface area contributed by atoms with Gasteiger partial charge < -0.3 is 14.3 Å². The molecule has 5 nitrogen and oxygen atoms in total. The summed E-state index contributed by atoms with van der Waals surface area (Å²) in [5.41, 5.74) is -0.681. The van der Waals surface area contributed by atoms with E-state index in [-0.39, 0.29) is 0 Å². The summed E-state index contributed by atoms with van der Waals surface area (Å²) in [6, 6.07) is 3.73. The number of ether oxygens (including phenoxy) is 1. The summed E-state index contributed by atoms with van der Waals surface area (Å²) in [7, 11) is 1.92. The van der Waals surface area contributed by atoms with E-state index in [0.29, 0.717) is 39.1 Å². The molecule has 1 aliphatic rings. The Morgan fingerprint density at radius 3 is 2.78 bits per heavy atom. The molecule has 0 unspecified atom stereocenters. The third-order valence-corrected chi connectivity index (χ3v) is 3.48. The van der Waals surface area contributed by atoms with Gasteiger partial charge in [0.15, 0.2) is 0 Å². The Morgan fingerprint density at radius 2 is 2.22 bits per heavy atom. The van der Waals surface area contributed by atoms with Gasteiger partial charge in [0.2, 0.25) is 0 Å². The zero-order chi connectivity index (χ0) is 13.0. The number of carboxylic acids is 1. The van der Waals surface area contributed by atoms with Crippen molar-refractivity contribution in [1.29, 1.82) is 0 Å². The first kappa shape index (κ1) is 13.1. The third-order valence-electron chi connectivity index (χ3n) is 3.48. The normalized spacial score (nSPS) is 19.0. The summed E-state index contributed by atoms with van der Waals surface area (Å²) in [6.45, 7) is 2.21. The fraction of sp³-hybridized carbons (Fsp3) is 0.615. The Balaban J connectivity index is 1.98. The van der Waals surface area contributed by atoms with Crippen LogP contribution in [0.3, 0.4) is 0 Å². The van der Waals surface area contributed by atoms with Crippen molar-refractivity contribution in [3.05, 3.63) is 24.2 Å². The van der Waals surface area contributed by atoms with Gasteiger partial charge >= 0.3 is 5.97 Å². The lowest BCUT2D eigenvalue weighted by Crippen LogP contribution is -2.45. The number of aliphatic carboxylic acids is 1. The molecule has 1 fully saturated rings. The van der Waals surface area contributed by atoms with Gasteiger partial charge in [-0.1, -0.05) is 0 Å². The molecule has 2 rings (SSSR count). The topological polar surface area (TPSA) is 62.9 Å². The largest absolute Gasteiger partial charge is 0.481 e. The van der Waals surface area contributed by atoms with Crippen LogP contribution in [0.1, 0.15) is 18.6 Å². The van der Waals surface area contributed by atoms with E-state index in [9.17, 15) is 9.90 Å². The highest BCUT2D eigenvalue weighted by Gasteiger charge is 2.41. The lowest BCUT2D eigenvalue weighted by molar-refractivity contribution is -0.156. The molecule has 1 aliphatic heterocycles. The number of hydrogen-bond donors (Lipinski definition) is 1. The van der Waals surface area contributed by atoms with Crippen molar-refractivity contribution in [3.63, 3.8) is 0 Å². The Bertz CT molecular complexity index is 382. The van der Waals surface area contributed by atoms with E-state index in [1.54, 1.807) is 6.26 Å². The van der Waals surface area contributed by atoms with Crippen LogP contribution in [0.2, 0.25) is 0 Å². The van der Waals surface area contributed by atoms with Crippen LogP contribution < -0.4 is 0 Å². The predicted molar refractivity (Wildman–Crippen MR) is 65.2 cm³/mol. The molecule has 0 amide bonds. The average molecular weight is 253 g/mol. The zero-order valence-electron chi connectivity index (χ0n) is 10.6. The second-order valence-corrected chi connectivity index (χ2v) is 4.95. The minimum absolute atomic E-state index is 0.520. The Kier molecular flexibility index (Phi) is 4.04. The van der Waals surface area contributed by atoms with Gasteiger partial charge in [-0.3, -0.25) is 9.69 Å². The van der Waals surface area contributed by atoms with Crippen LogP contribution in [-0.2, 0) is 16.1 Å². The Labute approximate surface area is 106 Å². The lowest BCUT2D eigenvalue weighted by atomic mass is 9.80. The van der Waals surface area contributed by atoms with E-state index in [0.717, 1.165) is 5.76 Å². The third kappa shape index (κ3) is 2.91. The molecule has 1 aromatic heterocycles. The molecule has 0 aliphatic carbocycles. The highest BCUT2D eigenvalue weighted by molar-refractivity contribution is 5.75. The quantitative estimate of drug-likeness (QED) is 0.863. The number of carbonyl (C=O) groups is 1. The first-order valence-electron chi connectivity index (χ1n) is 6.14. The van der Waals surface area contributed by atoms with Crippen LogP contribution >= 0.6 is 0 Å². The SMILES string of the molecule is CN(Cc1ccco1)CC1(C(=O)O)CCOCC1. The van der Waals surface area contributed by atoms with Crippen molar-refractivity contribution in [2.75, 3.05) is 26.8 Å². The first-order valence-corrected chi connectivity index (χ1v) is 6.14. The molecule has 100 valence electrons. The first-order chi connectivity index (χ1) is 8.62. The van der Waals surface area contributed by atoms with Crippen molar-refractivity contribution < 1.29 is 19.1 Å². The monoisotopic (exact) mass is 253 g/mol. The smallest absolute Gasteiger partial charge is 0.311 e. The van der Waals surface area contributed by atoms with Crippen LogP contribution in [0.4, 0.5) is 0 Å². The van der Waals surface area contributed by atoms with Crippen LogP contribution in [0.15, 0.2) is 22.8 Å². The van der Waals surface area contributed by atoms with Crippen molar-refractivity contribution in [3.8, 4) is 0 Å². The summed E-state index contributed by atoms with van der Waals surface area (Å²) in [4.78, 5) is 13.5. The van der Waals surface area contributed by atoms with E-state index >= 15 is 0 Å². The minimum atomic E-state index is -0.725. The molecule has 2 heterocycles. The molecule has 1 aromatic rings. The highest BCUT2D eigenvalue weighted by atomic mass is 16.5. The fourth-order valence-electron chi connectivity index (χ4n) is 2.44. The van der Waals surface area contributed by atoms with E-state index in [4.69, 9.17) is 9.15 Å². The molecule has 1 saturated heterocycles. The highest BCUT2D eigenvalue weighted by Crippen LogP contribution is 2.32. The molecule has 0 bridgehead atoms. The van der Waals surface area contributed by atoms with Crippen LogP contribution in [0.25, 0.3) is 0 Å². The van der Waals surface area contributed by atoms with Crippen molar-refractivity contribution in [2.24, 2.45) is 5.41 Å². The summed E-state index contributed by atoms with van der Waals surface area (Å²) in [5.74, 6) is 0.127. The van der Waals surface area contributed by atoms with E-state index in [1.165, 1.54) is 0 Å². The predicted octanol–water partition coefficient (Wildman–Crippen LogP) is 1.59. The van der Waals surface area contributed by atoms with Crippen LogP contribution in [-0.4, -0.2) is 42.8 Å². The van der Waals surface area contributed by atoms with Gasteiger partial charge in [0.05, 0.1) is 18.2 Å². The van der Waals surface area contributed by atoms with Gasteiger partial charge in [-0.25, -0.2) is 0 Å². The molecule has 5 heteroatoms. The average Bonchev–Trinajstić information content (AvgIpc) is 2.82. The zero-order valence-corrected chi connectivity index (χ0v) is 10.6. The van der Waals surface area contributed by atoms with Gasteiger partial charge in [0.25, 0.3) is 0 Å². The fourth-order valence-corrected chi connectivity index (χ4v) is 2.44. The Hall–Kier alpha value is -1.33. The second-order valence-electron chi connectivity index (χ2n) is 4.95. The molecular formula is C13H19NO4. The molecule has 18 heavy (non-hydrogen) atoms. The van der Waals surface area contributed by atoms with E-state index < -0.39 is 11.4 Å². The van der Waals surface area contributed by atoms with Gasteiger partial charge in [0.1, 0.15) is 5.76 Å². The van der Waals surface area contributed by atoms with E-state index in [1.807, 2.05) is 24.1 Å². The maximum atomic E-state index is 11.5. The van der Waals surface area contributed by atoms with E-state index in [2.05, 4.69) is 0 Å². The molecule has 0 saturated carbocycles. The molecule has 1 N–H and O–H groups in total. The molecule has 0 aromatic carbocycles. The molecule has 0 radical (unpaired) electrons. The standard InChI is InChI=1S/C13H19NO4/c1-14(9-11-3-2-6-18-11)10-13(12(15)16)4-7-17-8-5-13/h2-3,6H,4-5,7-10H2,1H3,(H,15,16). The summed E-state index contributed by atoms with van der Waals surface area (Å²) in [6.07, 6.45) is 2.78. The maximum absolute atomic E-state index is 11.5. The van der Waals surface area contributed by atoms with Gasteiger partial charge in [0, 0.05) is 19.8 Å². The Morgan fingerprint density at radius 1 is 1.50 bits per heavy atom. The summed E-state index contributed by atoms with van der Waals surface area (Å²) >= 11 is 0. The van der Waals surface area contributed by atoms with Crippen LogP contribution in [0.5, 0.6) is 0 Å². The molecular weight excluding hydrogens is 234 g/mol. The number of hydrogen-bond acceptors (Lipinski definition) is 4. The molecule has 0 atom stereocenters. The number of carboxylic acid groups (broad SMARTS) is 1. The number of furan rings is 1. The maximum Gasteiger partial charge on any atom is 0.311 e. The van der Waals surface area contributed by atoms with Crippen molar-refractivity contribution in [1.82, 2.24) is 4.90 Å².